The van der Waals surface area contributed by atoms with E-state index in [0.29, 0.717) is 30.9 Å². The van der Waals surface area contributed by atoms with Gasteiger partial charge in [-0.05, 0) is 69.5 Å². The number of nitrogens with one attached hydrogen (secondary N) is 3. The molecule has 3 aliphatic rings. The fourth-order valence-electron chi connectivity index (χ4n) is 10.4. The van der Waals surface area contributed by atoms with E-state index in [-0.39, 0.29) is 43.9 Å². The number of benzene rings is 2. The van der Waals surface area contributed by atoms with Gasteiger partial charge in [0.25, 0.3) is 0 Å². The van der Waals surface area contributed by atoms with Crippen LogP contribution in [0.2, 0.25) is 5.02 Å². The summed E-state index contributed by atoms with van der Waals surface area (Å²) < 4.78 is 31.5. The molecule has 6 amide bonds. The fraction of sp³-hybridized carbons (Fsp3) is 0.561. The zero-order valence-corrected chi connectivity index (χ0v) is 49.2. The van der Waals surface area contributed by atoms with Crippen LogP contribution in [0.1, 0.15) is 64.6 Å². The molecular formula is C57H80ClN9O15. The quantitative estimate of drug-likeness (QED) is 0.0478. The maximum Gasteiger partial charge on any atom is 0.409 e. The molecule has 3 aliphatic heterocycles. The lowest BCUT2D eigenvalue weighted by Crippen LogP contribution is -2.63. The van der Waals surface area contributed by atoms with Crippen molar-refractivity contribution >= 4 is 69.8 Å². The number of hydrogen-bond acceptors (Lipinski definition) is 17. The molecule has 0 aliphatic carbocycles. The minimum atomic E-state index is -1.91. The molecule has 24 nitrogen and oxygen atoms in total. The molecule has 4 heterocycles. The third kappa shape index (κ3) is 15.7. The molecule has 2 fully saturated rings. The van der Waals surface area contributed by atoms with E-state index in [9.17, 15) is 48.9 Å². The number of esters is 1. The van der Waals surface area contributed by atoms with E-state index in [1.807, 2.05) is 60.9 Å². The number of fused-ring (bicyclic) bond motifs is 6. The maximum absolute atomic E-state index is 14.5. The number of alkyl carbamates (subject to hydrolysis) is 1. The predicted molar refractivity (Wildman–Crippen MR) is 303 cm³/mol. The summed E-state index contributed by atoms with van der Waals surface area (Å²) in [4.78, 5) is 101. The molecule has 1 aromatic heterocycles. The number of halogens is 1. The van der Waals surface area contributed by atoms with Gasteiger partial charge in [0.15, 0.2) is 5.72 Å². The topological polar surface area (TPSA) is 287 Å². The number of carbonyl (C=O) groups excluding carboxylic acids is 7. The first kappa shape index (κ1) is 64.5. The number of aliphatic hydroxyl groups is 3. The number of allylic oxidation sites excluding steroid dienone is 3. The van der Waals surface area contributed by atoms with Crippen molar-refractivity contribution in [1.82, 2.24) is 40.3 Å². The summed E-state index contributed by atoms with van der Waals surface area (Å²) in [5.74, 6) is -4.08. The number of rotatable bonds is 22. The maximum atomic E-state index is 14.5. The summed E-state index contributed by atoms with van der Waals surface area (Å²) in [6.07, 6.45) is -0.265. The van der Waals surface area contributed by atoms with Gasteiger partial charge in [0.05, 0.1) is 58.2 Å². The molecular weight excluding hydrogens is 1090 g/mol. The van der Waals surface area contributed by atoms with Gasteiger partial charge in [-0.2, -0.15) is 0 Å². The molecule has 6 rings (SSSR count). The van der Waals surface area contributed by atoms with Gasteiger partial charge in [0.2, 0.25) is 29.5 Å². The Morgan fingerprint density at radius 1 is 0.988 bits per heavy atom. The number of ether oxygens (including phenoxy) is 5. The second kappa shape index (κ2) is 28.6. The number of epoxide rings is 1. The standard InChI is InChI=1S/C57H80ClN9O15/c1-35-14-13-17-45(79-10)57(77)31-44(80-55(76)61-57)36(2)53-56(4,82-53)46(30-49(72)64(8)42-27-38(26-35)28-43(78-9)52(42)58)81-54(75)37(3)63(7)48(71)19-20-65(22-24-68)51(74)34-66(23-25-69)50(73)32-60-47(70)18-21-67-40(33-62(6)59-5)29-39-15-11-12-16-41(39)67/h11-17,27-29,36-37,44-46,53,59,68-69,77H,18-26,30-34H2,1-10H3,(H,60,70)(H,61,76)/b17-13+,35-14+/t36-,37+,44+,45-,46+,53+,56+,57+/m1/s1. The Bertz CT molecular complexity index is 2870. The van der Waals surface area contributed by atoms with Crippen LogP contribution in [0.4, 0.5) is 10.5 Å². The van der Waals surface area contributed by atoms with Gasteiger partial charge in [0.1, 0.15) is 40.7 Å². The van der Waals surface area contributed by atoms with Crippen LogP contribution in [0.3, 0.4) is 0 Å². The van der Waals surface area contributed by atoms with Crippen LogP contribution in [-0.4, -0.2) is 211 Å². The van der Waals surface area contributed by atoms with Gasteiger partial charge in [0, 0.05) is 90.8 Å². The largest absolute Gasteiger partial charge is 0.495 e. The van der Waals surface area contributed by atoms with Crippen molar-refractivity contribution in [2.24, 2.45) is 5.92 Å². The molecule has 82 heavy (non-hydrogen) atoms. The van der Waals surface area contributed by atoms with E-state index < -0.39 is 122 Å². The molecule has 2 aromatic carbocycles. The Kier molecular flexibility index (Phi) is 22.5. The van der Waals surface area contributed by atoms with Crippen LogP contribution in [0.15, 0.2) is 66.3 Å². The van der Waals surface area contributed by atoms with Gasteiger partial charge in [-0.15, -0.1) is 0 Å². The van der Waals surface area contributed by atoms with Crippen LogP contribution >= 0.6 is 11.6 Å². The molecule has 8 atom stereocenters. The smallest absolute Gasteiger partial charge is 0.409 e. The van der Waals surface area contributed by atoms with Crippen LogP contribution < -0.4 is 25.7 Å². The second-order valence-electron chi connectivity index (χ2n) is 21.2. The van der Waals surface area contributed by atoms with Crippen LogP contribution in [0.5, 0.6) is 5.75 Å². The predicted octanol–water partition coefficient (Wildman–Crippen LogP) is 2.27. The molecule has 3 aromatic rings. The molecule has 0 saturated carbocycles. The van der Waals surface area contributed by atoms with E-state index >= 15 is 0 Å². The zero-order valence-electron chi connectivity index (χ0n) is 48.4. The first-order chi connectivity index (χ1) is 38.9. The zero-order chi connectivity index (χ0) is 60.2. The summed E-state index contributed by atoms with van der Waals surface area (Å²) in [5.41, 5.74) is 3.65. The van der Waals surface area contributed by atoms with Gasteiger partial charge in [-0.25, -0.2) is 14.6 Å². The molecule has 2 saturated heterocycles. The SMILES string of the molecule is CNN(C)Cc1cc2ccccc2n1CCC(=O)NCC(=O)N(CCO)CC(=O)N(CCO)CCC(=O)N(C)[C@@H](C)C(=O)O[C@H]1CC(=O)N(C)c2cc(cc(OC)c2Cl)C/C(C)=C/C=C/[C@@H](OC)[C@@]2(O)C[C@H](OC(=O)N2)[C@@H](C)[C@@H]2O[C@@]12C. The highest BCUT2D eigenvalue weighted by molar-refractivity contribution is 6.35. The van der Waals surface area contributed by atoms with E-state index in [2.05, 4.69) is 22.1 Å². The highest BCUT2D eigenvalue weighted by atomic mass is 35.5. The summed E-state index contributed by atoms with van der Waals surface area (Å²) in [6.45, 7) is 4.93. The molecule has 0 unspecified atom stereocenters. The lowest BCUT2D eigenvalue weighted by atomic mass is 9.83. The fourth-order valence-corrected chi connectivity index (χ4v) is 10.7. The highest BCUT2D eigenvalue weighted by Crippen LogP contribution is 2.49. The minimum Gasteiger partial charge on any atom is -0.495 e. The number of nitrogens with zero attached hydrogens (tertiary/aromatic N) is 6. The Balaban J connectivity index is 1.12. The van der Waals surface area contributed by atoms with Gasteiger partial charge in [-0.1, -0.05) is 60.5 Å². The van der Waals surface area contributed by atoms with E-state index in [4.69, 9.17) is 35.3 Å². The number of aryl methyl sites for hydroxylation is 1. The van der Waals surface area contributed by atoms with Crippen molar-refractivity contribution in [3.8, 4) is 5.75 Å². The summed E-state index contributed by atoms with van der Waals surface area (Å²) in [6, 6.07) is 12.1. The van der Waals surface area contributed by atoms with Gasteiger partial charge < -0.3 is 68.5 Å². The molecule has 0 spiro atoms. The third-order valence-corrected chi connectivity index (χ3v) is 15.9. The summed E-state index contributed by atoms with van der Waals surface area (Å²) in [5, 5.41) is 39.9. The number of carbonyl (C=O) groups is 7. The summed E-state index contributed by atoms with van der Waals surface area (Å²) in [7, 11) is 9.45. The number of aliphatic hydroxyl groups excluding tert-OH is 2. The average molecular weight is 1170 g/mol. The molecule has 6 N–H and O–H groups in total. The molecule has 450 valence electrons. The van der Waals surface area contributed by atoms with Gasteiger partial charge in [-0.3, -0.25) is 34.7 Å². The van der Waals surface area contributed by atoms with E-state index in [0.717, 1.165) is 37.5 Å². The van der Waals surface area contributed by atoms with Crippen LogP contribution in [-0.2, 0) is 67.2 Å². The van der Waals surface area contributed by atoms with Crippen molar-refractivity contribution < 1.29 is 72.6 Å². The lowest BCUT2D eigenvalue weighted by molar-refractivity contribution is -0.162. The number of methoxy groups -OCH3 is 2. The molecule has 4 bridgehead atoms. The number of hydrazine groups is 1. The van der Waals surface area contributed by atoms with Crippen LogP contribution in [0, 0.1) is 5.92 Å². The summed E-state index contributed by atoms with van der Waals surface area (Å²) >= 11 is 6.83. The minimum absolute atomic E-state index is 0.0508. The number of aromatic nitrogens is 1. The van der Waals surface area contributed by atoms with Crippen molar-refractivity contribution in [1.29, 1.82) is 0 Å². The number of amides is 6. The first-order valence-electron chi connectivity index (χ1n) is 27.3. The van der Waals surface area contributed by atoms with Crippen molar-refractivity contribution in [3.63, 3.8) is 0 Å². The van der Waals surface area contributed by atoms with Crippen LogP contribution in [0.25, 0.3) is 10.9 Å². The van der Waals surface area contributed by atoms with E-state index in [1.165, 1.54) is 45.0 Å². The molecule has 25 heteroatoms. The third-order valence-electron chi connectivity index (χ3n) is 15.6. The highest BCUT2D eigenvalue weighted by Gasteiger charge is 2.64. The van der Waals surface area contributed by atoms with Crippen molar-refractivity contribution in [2.45, 2.75) is 115 Å². The first-order valence-corrected chi connectivity index (χ1v) is 27.6. The monoisotopic (exact) mass is 1170 g/mol. The lowest BCUT2D eigenvalue weighted by Gasteiger charge is -2.42. The van der Waals surface area contributed by atoms with E-state index in [1.54, 1.807) is 38.1 Å². The average Bonchev–Trinajstić information content (AvgIpc) is 4.01. The number of hydrogen-bond donors (Lipinski definition) is 6. The number of para-hydroxylation sites is 1. The second-order valence-corrected chi connectivity index (χ2v) is 21.6. The van der Waals surface area contributed by atoms with Gasteiger partial charge >= 0.3 is 12.1 Å². The Morgan fingerprint density at radius 3 is 2.38 bits per heavy atom. The molecule has 0 radical (unpaired) electrons. The van der Waals surface area contributed by atoms with Crippen molar-refractivity contribution in [3.05, 3.63) is 82.5 Å². The Morgan fingerprint density at radius 2 is 1.70 bits per heavy atom. The van der Waals surface area contributed by atoms with Crippen molar-refractivity contribution in [2.75, 3.05) is 93.2 Å². The Labute approximate surface area is 483 Å². The normalized spacial score (nSPS) is 24.3. The Hall–Kier alpha value is -6.64. The number of anilines is 1. The number of likely N-dealkylation sites (N-methyl/N-ethyl adjacent to an activating group) is 1.